The van der Waals surface area contributed by atoms with E-state index in [0.29, 0.717) is 5.82 Å². The molecule has 0 saturated carbocycles. The van der Waals surface area contributed by atoms with Crippen LogP contribution in [-0.4, -0.2) is 25.5 Å². The van der Waals surface area contributed by atoms with Crippen molar-refractivity contribution in [2.45, 2.75) is 4.90 Å². The average molecular weight is 356 g/mol. The molecule has 2 heterocycles. The molecule has 2 aromatic heterocycles. The van der Waals surface area contributed by atoms with Gasteiger partial charge in [-0.2, -0.15) is 0 Å². The first kappa shape index (κ1) is 16.7. The summed E-state index contributed by atoms with van der Waals surface area (Å²) in [5, 5.41) is 3.09. The van der Waals surface area contributed by atoms with E-state index < -0.39 is 10.0 Å². The van der Waals surface area contributed by atoms with Gasteiger partial charge in [0.25, 0.3) is 10.0 Å². The fraction of sp³-hybridized carbons (Fsp3) is 0.0588. The first-order valence-electron chi connectivity index (χ1n) is 7.38. The molecule has 1 aromatic carbocycles. The molecule has 0 aliphatic rings. The van der Waals surface area contributed by atoms with Gasteiger partial charge in [0.2, 0.25) is 0 Å². The lowest BCUT2D eigenvalue weighted by Crippen LogP contribution is -2.14. The number of sulfonamides is 1. The molecule has 3 rings (SSSR count). The molecule has 128 valence electrons. The third-order valence-corrected chi connectivity index (χ3v) is 4.65. The number of benzene rings is 1. The van der Waals surface area contributed by atoms with Crippen molar-refractivity contribution in [2.24, 2.45) is 0 Å². The number of hydrogen-bond donors (Lipinski definition) is 2. The number of pyridine rings is 2. The summed E-state index contributed by atoms with van der Waals surface area (Å²) in [4.78, 5) is 8.14. The molecule has 25 heavy (non-hydrogen) atoms. The van der Waals surface area contributed by atoms with Crippen LogP contribution in [0.15, 0.2) is 71.9 Å². The largest absolute Gasteiger partial charge is 0.497 e. The number of nitrogens with zero attached hydrogens (tertiary/aromatic N) is 2. The molecule has 7 nitrogen and oxygen atoms in total. The normalized spacial score (nSPS) is 10.9. The van der Waals surface area contributed by atoms with Crippen LogP contribution in [0.1, 0.15) is 0 Å². The molecule has 2 N–H and O–H groups in total. The summed E-state index contributed by atoms with van der Waals surface area (Å²) in [6.45, 7) is 0. The van der Waals surface area contributed by atoms with Crippen molar-refractivity contribution in [3.05, 3.63) is 67.0 Å². The van der Waals surface area contributed by atoms with Gasteiger partial charge in [0, 0.05) is 18.1 Å². The Balaban J connectivity index is 1.72. The number of aromatic nitrogens is 2. The number of ether oxygens (including phenoxy) is 1. The van der Waals surface area contributed by atoms with Gasteiger partial charge in [-0.3, -0.25) is 4.72 Å². The van der Waals surface area contributed by atoms with Gasteiger partial charge in [-0.1, -0.05) is 6.07 Å². The van der Waals surface area contributed by atoms with Crippen LogP contribution in [0.5, 0.6) is 5.75 Å². The van der Waals surface area contributed by atoms with Crippen molar-refractivity contribution >= 4 is 27.3 Å². The maximum Gasteiger partial charge on any atom is 0.264 e. The maximum absolute atomic E-state index is 12.3. The average Bonchev–Trinajstić information content (AvgIpc) is 2.63. The smallest absolute Gasteiger partial charge is 0.264 e. The van der Waals surface area contributed by atoms with Crippen LogP contribution in [0.3, 0.4) is 0 Å². The molecule has 0 aliphatic carbocycles. The van der Waals surface area contributed by atoms with Gasteiger partial charge in [-0.15, -0.1) is 0 Å². The summed E-state index contributed by atoms with van der Waals surface area (Å²) < 4.78 is 32.1. The van der Waals surface area contributed by atoms with Gasteiger partial charge in [-0.25, -0.2) is 18.4 Å². The Morgan fingerprint density at radius 2 is 1.72 bits per heavy atom. The highest BCUT2D eigenvalue weighted by molar-refractivity contribution is 7.92. The highest BCUT2D eigenvalue weighted by Gasteiger charge is 2.15. The van der Waals surface area contributed by atoms with Gasteiger partial charge >= 0.3 is 0 Å². The van der Waals surface area contributed by atoms with Gasteiger partial charge in [-0.05, 0) is 48.5 Å². The molecule has 0 spiro atoms. The Kier molecular flexibility index (Phi) is 4.80. The quantitative estimate of drug-likeness (QED) is 0.705. The van der Waals surface area contributed by atoms with Crippen LogP contribution in [0.2, 0.25) is 0 Å². The lowest BCUT2D eigenvalue weighted by atomic mass is 10.3. The second kappa shape index (κ2) is 7.18. The van der Waals surface area contributed by atoms with Crippen LogP contribution in [0, 0.1) is 0 Å². The van der Waals surface area contributed by atoms with E-state index in [0.717, 1.165) is 11.4 Å². The Morgan fingerprint density at radius 3 is 2.32 bits per heavy atom. The fourth-order valence-electron chi connectivity index (χ4n) is 2.06. The molecule has 0 aliphatic heterocycles. The van der Waals surface area contributed by atoms with Crippen LogP contribution in [0.4, 0.5) is 17.3 Å². The molecule has 8 heteroatoms. The molecular weight excluding hydrogens is 340 g/mol. The molecule has 0 amide bonds. The Bertz CT molecular complexity index is 928. The van der Waals surface area contributed by atoms with Crippen LogP contribution in [0.25, 0.3) is 0 Å². The van der Waals surface area contributed by atoms with Crippen molar-refractivity contribution < 1.29 is 13.2 Å². The summed E-state index contributed by atoms with van der Waals surface area (Å²) in [7, 11) is -2.13. The van der Waals surface area contributed by atoms with Gasteiger partial charge in [0.1, 0.15) is 22.3 Å². The van der Waals surface area contributed by atoms with Gasteiger partial charge < -0.3 is 10.1 Å². The van der Waals surface area contributed by atoms with E-state index in [-0.39, 0.29) is 10.7 Å². The zero-order chi connectivity index (χ0) is 17.7. The van der Waals surface area contributed by atoms with Gasteiger partial charge in [0.05, 0.1) is 7.11 Å². The lowest BCUT2D eigenvalue weighted by Gasteiger charge is -2.09. The van der Waals surface area contributed by atoms with Crippen molar-refractivity contribution in [1.29, 1.82) is 0 Å². The molecular formula is C17H16N4O3S. The summed E-state index contributed by atoms with van der Waals surface area (Å²) >= 11 is 0. The number of methoxy groups -OCH3 is 1. The molecule has 0 unspecified atom stereocenters. The molecule has 3 aromatic rings. The second-order valence-corrected chi connectivity index (χ2v) is 6.74. The number of hydrogen-bond acceptors (Lipinski definition) is 6. The van der Waals surface area contributed by atoms with Crippen LogP contribution >= 0.6 is 0 Å². The minimum absolute atomic E-state index is 0.0541. The topological polar surface area (TPSA) is 93.2 Å². The van der Waals surface area contributed by atoms with Crippen molar-refractivity contribution in [3.8, 4) is 5.75 Å². The van der Waals surface area contributed by atoms with Crippen molar-refractivity contribution in [2.75, 3.05) is 17.1 Å². The summed E-state index contributed by atoms with van der Waals surface area (Å²) in [6, 6.07) is 15.4. The minimum atomic E-state index is -3.73. The van der Waals surface area contributed by atoms with Crippen molar-refractivity contribution in [3.63, 3.8) is 0 Å². The van der Waals surface area contributed by atoms with Gasteiger partial charge in [0.15, 0.2) is 0 Å². The summed E-state index contributed by atoms with van der Waals surface area (Å²) in [5.41, 5.74) is 0.815. The lowest BCUT2D eigenvalue weighted by molar-refractivity contribution is 0.415. The van der Waals surface area contributed by atoms with E-state index in [1.807, 2.05) is 24.3 Å². The van der Waals surface area contributed by atoms with E-state index in [1.54, 1.807) is 31.4 Å². The first-order valence-corrected chi connectivity index (χ1v) is 8.86. The summed E-state index contributed by atoms with van der Waals surface area (Å²) in [6.07, 6.45) is 2.80. The van der Waals surface area contributed by atoms with E-state index >= 15 is 0 Å². The van der Waals surface area contributed by atoms with Crippen LogP contribution in [-0.2, 0) is 10.0 Å². The summed E-state index contributed by atoms with van der Waals surface area (Å²) in [5.74, 6) is 1.53. The molecule has 0 saturated heterocycles. The van der Waals surface area contributed by atoms with Crippen molar-refractivity contribution in [1.82, 2.24) is 9.97 Å². The molecule has 0 fully saturated rings. The Hall–Kier alpha value is -3.13. The Labute approximate surface area is 145 Å². The number of rotatable bonds is 6. The number of nitrogens with one attached hydrogen (secondary N) is 2. The van der Waals surface area contributed by atoms with E-state index in [2.05, 4.69) is 20.0 Å². The van der Waals surface area contributed by atoms with Crippen LogP contribution < -0.4 is 14.8 Å². The minimum Gasteiger partial charge on any atom is -0.497 e. The third-order valence-electron chi connectivity index (χ3n) is 3.31. The van der Waals surface area contributed by atoms with E-state index in [4.69, 9.17) is 4.74 Å². The first-order chi connectivity index (χ1) is 12.1. The highest BCUT2D eigenvalue weighted by Crippen LogP contribution is 2.20. The van der Waals surface area contributed by atoms with E-state index in [9.17, 15) is 8.42 Å². The second-order valence-electron chi connectivity index (χ2n) is 5.05. The molecule has 0 atom stereocenters. The Morgan fingerprint density at radius 1 is 0.920 bits per heavy atom. The zero-order valence-corrected chi connectivity index (χ0v) is 14.2. The maximum atomic E-state index is 12.3. The molecule has 0 bridgehead atoms. The fourth-order valence-corrected chi connectivity index (χ4v) is 3.01. The number of anilines is 3. The predicted molar refractivity (Wildman–Crippen MR) is 95.6 cm³/mol. The molecule has 0 radical (unpaired) electrons. The standard InChI is InChI=1S/C17H16N4O3S/c1-24-14-7-5-13(6-8-14)20-16-10-9-15(12-19-16)25(22,23)21-17-4-2-3-11-18-17/h2-12H,1H3,(H,18,21)(H,19,20). The predicted octanol–water partition coefficient (Wildman–Crippen LogP) is 3.03. The third kappa shape index (κ3) is 4.24. The highest BCUT2D eigenvalue weighted by atomic mass is 32.2. The monoisotopic (exact) mass is 356 g/mol. The van der Waals surface area contributed by atoms with E-state index in [1.165, 1.54) is 18.5 Å². The zero-order valence-electron chi connectivity index (χ0n) is 13.4. The SMILES string of the molecule is COc1ccc(Nc2ccc(S(=O)(=O)Nc3ccccn3)cn2)cc1.